The van der Waals surface area contributed by atoms with Gasteiger partial charge in [0.05, 0.1) is 5.56 Å². The SMILES string of the molecule is O=C(Cc1cccc2ccccc12)c1ccc(C(F)(F)F)cc1. The summed E-state index contributed by atoms with van der Waals surface area (Å²) < 4.78 is 37.7. The Labute approximate surface area is 131 Å². The summed E-state index contributed by atoms with van der Waals surface area (Å²) >= 11 is 0. The average molecular weight is 314 g/mol. The van der Waals surface area contributed by atoms with Crippen LogP contribution in [0.25, 0.3) is 10.8 Å². The summed E-state index contributed by atoms with van der Waals surface area (Å²) in [6.07, 6.45) is -4.23. The van der Waals surface area contributed by atoms with Crippen molar-refractivity contribution in [1.82, 2.24) is 0 Å². The Morgan fingerprint density at radius 3 is 2.17 bits per heavy atom. The first-order valence-corrected chi connectivity index (χ1v) is 7.12. The molecule has 4 heteroatoms. The number of benzene rings is 3. The Hall–Kier alpha value is -2.62. The Kier molecular flexibility index (Phi) is 3.90. The number of hydrogen-bond acceptors (Lipinski definition) is 1. The highest BCUT2D eigenvalue weighted by Gasteiger charge is 2.30. The molecule has 3 aromatic carbocycles. The third-order valence-electron chi connectivity index (χ3n) is 3.77. The minimum absolute atomic E-state index is 0.159. The second-order valence-electron chi connectivity index (χ2n) is 5.31. The van der Waals surface area contributed by atoms with E-state index in [2.05, 4.69) is 0 Å². The first-order valence-electron chi connectivity index (χ1n) is 7.12. The molecular weight excluding hydrogens is 301 g/mol. The van der Waals surface area contributed by atoms with Crippen LogP contribution in [-0.4, -0.2) is 5.78 Å². The summed E-state index contributed by atoms with van der Waals surface area (Å²) in [7, 11) is 0. The van der Waals surface area contributed by atoms with Crippen LogP contribution in [0.5, 0.6) is 0 Å². The summed E-state index contributed by atoms with van der Waals surface area (Å²) in [4.78, 5) is 12.3. The minimum atomic E-state index is -4.39. The van der Waals surface area contributed by atoms with Gasteiger partial charge in [-0.2, -0.15) is 13.2 Å². The highest BCUT2D eigenvalue weighted by molar-refractivity contribution is 6.00. The summed E-state index contributed by atoms with van der Waals surface area (Å²) in [6.45, 7) is 0. The van der Waals surface area contributed by atoms with Crippen LogP contribution in [0.1, 0.15) is 21.5 Å². The molecule has 0 unspecified atom stereocenters. The fraction of sp³-hybridized carbons (Fsp3) is 0.105. The van der Waals surface area contributed by atoms with Crippen LogP contribution < -0.4 is 0 Å². The molecule has 23 heavy (non-hydrogen) atoms. The molecule has 0 aliphatic heterocycles. The molecule has 3 aromatic rings. The van der Waals surface area contributed by atoms with Gasteiger partial charge in [-0.05, 0) is 28.5 Å². The molecule has 0 saturated carbocycles. The van der Waals surface area contributed by atoms with Crippen molar-refractivity contribution in [3.63, 3.8) is 0 Å². The van der Waals surface area contributed by atoms with Crippen molar-refractivity contribution < 1.29 is 18.0 Å². The minimum Gasteiger partial charge on any atom is -0.294 e. The Morgan fingerprint density at radius 2 is 1.48 bits per heavy atom. The van der Waals surface area contributed by atoms with Crippen molar-refractivity contribution in [2.75, 3.05) is 0 Å². The molecule has 0 amide bonds. The smallest absolute Gasteiger partial charge is 0.294 e. The molecule has 0 heterocycles. The van der Waals surface area contributed by atoms with E-state index < -0.39 is 11.7 Å². The molecule has 0 atom stereocenters. The molecule has 0 N–H and O–H groups in total. The fourth-order valence-corrected chi connectivity index (χ4v) is 2.57. The van der Waals surface area contributed by atoms with Crippen molar-refractivity contribution in [1.29, 1.82) is 0 Å². The van der Waals surface area contributed by atoms with Crippen molar-refractivity contribution in [2.24, 2.45) is 0 Å². The molecule has 1 nitrogen and oxygen atoms in total. The molecule has 0 aromatic heterocycles. The Morgan fingerprint density at radius 1 is 0.826 bits per heavy atom. The van der Waals surface area contributed by atoms with Gasteiger partial charge in [0.2, 0.25) is 0 Å². The van der Waals surface area contributed by atoms with E-state index in [1.807, 2.05) is 42.5 Å². The van der Waals surface area contributed by atoms with Gasteiger partial charge in [0.25, 0.3) is 0 Å². The Bertz CT molecular complexity index is 843. The van der Waals surface area contributed by atoms with Gasteiger partial charge in [0, 0.05) is 12.0 Å². The van der Waals surface area contributed by atoms with E-state index in [0.717, 1.165) is 28.5 Å². The number of halogens is 3. The number of ketones is 1. The van der Waals surface area contributed by atoms with Crippen molar-refractivity contribution in [2.45, 2.75) is 12.6 Å². The molecule has 0 saturated heterocycles. The Balaban J connectivity index is 1.86. The maximum atomic E-state index is 12.6. The van der Waals surface area contributed by atoms with Crippen LogP contribution in [0.2, 0.25) is 0 Å². The van der Waals surface area contributed by atoms with Crippen LogP contribution in [0.15, 0.2) is 66.7 Å². The third-order valence-corrected chi connectivity index (χ3v) is 3.77. The summed E-state index contributed by atoms with van der Waals surface area (Å²) in [5.41, 5.74) is 0.401. The zero-order chi connectivity index (χ0) is 16.4. The van der Waals surface area contributed by atoms with E-state index in [1.165, 1.54) is 12.1 Å². The molecule has 0 aliphatic rings. The second-order valence-corrected chi connectivity index (χ2v) is 5.31. The van der Waals surface area contributed by atoms with Gasteiger partial charge in [-0.3, -0.25) is 4.79 Å². The summed E-state index contributed by atoms with van der Waals surface area (Å²) in [6, 6.07) is 17.8. The lowest BCUT2D eigenvalue weighted by atomic mass is 9.97. The maximum absolute atomic E-state index is 12.6. The number of alkyl halides is 3. The quantitative estimate of drug-likeness (QED) is 0.601. The van der Waals surface area contributed by atoms with Crippen LogP contribution in [0.4, 0.5) is 13.2 Å². The standard InChI is InChI=1S/C19H13F3O/c20-19(21,22)16-10-8-14(9-11-16)18(23)12-15-6-3-5-13-4-1-2-7-17(13)15/h1-11H,12H2. The zero-order valence-electron chi connectivity index (χ0n) is 12.1. The molecule has 0 spiro atoms. The lowest BCUT2D eigenvalue weighted by Crippen LogP contribution is -2.07. The number of hydrogen-bond donors (Lipinski definition) is 0. The molecule has 3 rings (SSSR count). The zero-order valence-corrected chi connectivity index (χ0v) is 12.1. The molecule has 116 valence electrons. The van der Waals surface area contributed by atoms with Crippen molar-refractivity contribution in [3.8, 4) is 0 Å². The second kappa shape index (κ2) is 5.88. The predicted molar refractivity (Wildman–Crippen MR) is 83.4 cm³/mol. The molecular formula is C19H13F3O. The molecule has 0 bridgehead atoms. The lowest BCUT2D eigenvalue weighted by Gasteiger charge is -2.08. The van der Waals surface area contributed by atoms with Crippen LogP contribution in [0, 0.1) is 0 Å². The van der Waals surface area contributed by atoms with Crippen LogP contribution in [0.3, 0.4) is 0 Å². The number of Topliss-reactive ketones (excluding diaryl/α,β-unsaturated/α-hetero) is 1. The maximum Gasteiger partial charge on any atom is 0.416 e. The average Bonchev–Trinajstić information content (AvgIpc) is 2.54. The van der Waals surface area contributed by atoms with Crippen molar-refractivity contribution >= 4 is 16.6 Å². The third kappa shape index (κ3) is 3.26. The first kappa shape index (κ1) is 15.3. The normalized spacial score (nSPS) is 11.6. The van der Waals surface area contributed by atoms with Crippen LogP contribution in [-0.2, 0) is 12.6 Å². The number of carbonyl (C=O) groups is 1. The van der Waals surface area contributed by atoms with Gasteiger partial charge >= 0.3 is 6.18 Å². The van der Waals surface area contributed by atoms with E-state index in [-0.39, 0.29) is 17.8 Å². The highest BCUT2D eigenvalue weighted by Crippen LogP contribution is 2.29. The van der Waals surface area contributed by atoms with E-state index in [4.69, 9.17) is 0 Å². The molecule has 0 radical (unpaired) electrons. The van der Waals surface area contributed by atoms with E-state index >= 15 is 0 Å². The van der Waals surface area contributed by atoms with Gasteiger partial charge in [-0.15, -0.1) is 0 Å². The topological polar surface area (TPSA) is 17.1 Å². The highest BCUT2D eigenvalue weighted by atomic mass is 19.4. The number of carbonyl (C=O) groups excluding carboxylic acids is 1. The first-order chi connectivity index (χ1) is 10.9. The molecule has 0 fully saturated rings. The predicted octanol–water partition coefficient (Wildman–Crippen LogP) is 5.28. The van der Waals surface area contributed by atoms with E-state index in [1.54, 1.807) is 0 Å². The van der Waals surface area contributed by atoms with Gasteiger partial charge in [0.15, 0.2) is 5.78 Å². The number of rotatable bonds is 3. The van der Waals surface area contributed by atoms with Gasteiger partial charge in [-0.1, -0.05) is 54.6 Å². The van der Waals surface area contributed by atoms with E-state index in [0.29, 0.717) is 0 Å². The van der Waals surface area contributed by atoms with Crippen molar-refractivity contribution in [3.05, 3.63) is 83.4 Å². The number of fused-ring (bicyclic) bond motifs is 1. The van der Waals surface area contributed by atoms with E-state index in [9.17, 15) is 18.0 Å². The summed E-state index contributed by atoms with van der Waals surface area (Å²) in [5, 5.41) is 2.01. The largest absolute Gasteiger partial charge is 0.416 e. The lowest BCUT2D eigenvalue weighted by molar-refractivity contribution is -0.137. The fourth-order valence-electron chi connectivity index (χ4n) is 2.57. The van der Waals surface area contributed by atoms with Crippen LogP contribution >= 0.6 is 0 Å². The monoisotopic (exact) mass is 314 g/mol. The molecule has 0 aliphatic carbocycles. The summed E-state index contributed by atoms with van der Waals surface area (Å²) in [5.74, 6) is -0.199. The van der Waals surface area contributed by atoms with Gasteiger partial charge < -0.3 is 0 Å². The van der Waals surface area contributed by atoms with Gasteiger partial charge in [-0.25, -0.2) is 0 Å². The van der Waals surface area contributed by atoms with Gasteiger partial charge in [0.1, 0.15) is 0 Å².